The molecule has 0 aliphatic rings. The molecule has 0 saturated carbocycles. The molecule has 13 aromatic rings. The van der Waals surface area contributed by atoms with E-state index >= 15 is 0 Å². The molecule has 8 aromatic carbocycles. The molecule has 0 aliphatic heterocycles. The second-order valence-corrected chi connectivity index (χ2v) is 17.2. The SMILES string of the molecule is CC(C)c1cccc(C(C)C)c1-n1c(-c2[c-]cccc2)nc2ccccc21.Cn1c(-c2[c-]cccc2)nc2ccc3c4ccc5c6cccc7c8ccccc8n(c76)c5c4oc3c21.[Ir]. The van der Waals surface area contributed by atoms with E-state index in [2.05, 4.69) is 176 Å². The minimum atomic E-state index is 0. The first-order valence-electron chi connectivity index (χ1n) is 21.8. The van der Waals surface area contributed by atoms with Crippen molar-refractivity contribution >= 4 is 82.1 Å². The quantitative estimate of drug-likeness (QED) is 0.161. The molecule has 0 bridgehead atoms. The van der Waals surface area contributed by atoms with E-state index in [4.69, 9.17) is 14.4 Å². The van der Waals surface area contributed by atoms with Gasteiger partial charge in [0.15, 0.2) is 11.2 Å². The van der Waals surface area contributed by atoms with Gasteiger partial charge in [-0.1, -0.05) is 100 Å². The number of fused-ring (bicyclic) bond motifs is 13. The number of benzene rings is 8. The van der Waals surface area contributed by atoms with Gasteiger partial charge in [-0.3, -0.25) is 9.97 Å². The molecule has 64 heavy (non-hydrogen) atoms. The summed E-state index contributed by atoms with van der Waals surface area (Å²) < 4.78 is 13.7. The molecule has 7 heteroatoms. The number of aromatic nitrogens is 5. The molecule has 0 aliphatic carbocycles. The third-order valence-corrected chi connectivity index (χ3v) is 12.9. The fraction of sp³-hybridized carbons (Fsp3) is 0.123. The van der Waals surface area contributed by atoms with E-state index in [1.807, 2.05) is 42.5 Å². The summed E-state index contributed by atoms with van der Waals surface area (Å²) in [5, 5.41) is 7.25. The Bertz CT molecular complexity index is 3840. The number of imidazole rings is 2. The van der Waals surface area contributed by atoms with E-state index in [1.165, 1.54) is 49.4 Å². The number of hydrogen-bond donors (Lipinski definition) is 0. The van der Waals surface area contributed by atoms with Gasteiger partial charge in [-0.05, 0) is 59.4 Å². The van der Waals surface area contributed by atoms with Gasteiger partial charge in [0.05, 0.1) is 44.7 Å². The predicted molar refractivity (Wildman–Crippen MR) is 260 cm³/mol. The van der Waals surface area contributed by atoms with E-state index in [0.29, 0.717) is 11.8 Å². The van der Waals surface area contributed by atoms with Crippen molar-refractivity contribution in [3.05, 3.63) is 181 Å². The van der Waals surface area contributed by atoms with Gasteiger partial charge < -0.3 is 18.0 Å². The maximum absolute atomic E-state index is 6.83. The third kappa shape index (κ3) is 5.88. The monoisotopic (exact) mass is 1010 g/mol. The van der Waals surface area contributed by atoms with E-state index < -0.39 is 0 Å². The van der Waals surface area contributed by atoms with Crippen LogP contribution in [0.4, 0.5) is 0 Å². The van der Waals surface area contributed by atoms with Crippen molar-refractivity contribution in [2.24, 2.45) is 7.05 Å². The number of aryl methyl sites for hydroxylation is 1. The van der Waals surface area contributed by atoms with Crippen LogP contribution in [-0.4, -0.2) is 23.5 Å². The van der Waals surface area contributed by atoms with Crippen molar-refractivity contribution in [2.75, 3.05) is 0 Å². The van der Waals surface area contributed by atoms with Crippen LogP contribution in [0.1, 0.15) is 50.7 Å². The molecule has 0 fully saturated rings. The summed E-state index contributed by atoms with van der Waals surface area (Å²) in [6.45, 7) is 9.04. The molecular weight excluding hydrogens is 963 g/mol. The Morgan fingerprint density at radius 1 is 0.469 bits per heavy atom. The molecule has 6 nitrogen and oxygen atoms in total. The Labute approximate surface area is 384 Å². The van der Waals surface area contributed by atoms with E-state index in [1.54, 1.807) is 0 Å². The van der Waals surface area contributed by atoms with Gasteiger partial charge in [-0.2, -0.15) is 0 Å². The summed E-state index contributed by atoms with van der Waals surface area (Å²) in [7, 11) is 2.06. The van der Waals surface area contributed by atoms with E-state index in [0.717, 1.165) is 72.3 Å². The summed E-state index contributed by atoms with van der Waals surface area (Å²) in [6, 6.07) is 61.8. The Kier molecular flexibility index (Phi) is 9.53. The molecule has 0 saturated heterocycles. The van der Waals surface area contributed by atoms with Crippen LogP contribution in [0.25, 0.3) is 111 Å². The molecule has 0 amide bonds. The van der Waals surface area contributed by atoms with Crippen molar-refractivity contribution < 1.29 is 24.5 Å². The van der Waals surface area contributed by atoms with Gasteiger partial charge in [-0.15, -0.1) is 71.8 Å². The van der Waals surface area contributed by atoms with Crippen molar-refractivity contribution in [3.8, 4) is 28.5 Å². The van der Waals surface area contributed by atoms with Crippen molar-refractivity contribution in [1.82, 2.24) is 23.5 Å². The van der Waals surface area contributed by atoms with Gasteiger partial charge in [0.1, 0.15) is 5.52 Å². The molecule has 5 heterocycles. The molecule has 1 radical (unpaired) electrons. The number of hydrogen-bond acceptors (Lipinski definition) is 3. The Morgan fingerprint density at radius 3 is 1.69 bits per heavy atom. The fourth-order valence-corrected chi connectivity index (χ4v) is 9.99. The summed E-state index contributed by atoms with van der Waals surface area (Å²) in [4.78, 5) is 9.93. The Hall–Kier alpha value is -7.05. The minimum absolute atomic E-state index is 0. The van der Waals surface area contributed by atoms with Crippen LogP contribution in [0.3, 0.4) is 0 Å². The zero-order valence-corrected chi connectivity index (χ0v) is 38.5. The first-order chi connectivity index (χ1) is 30.9. The average molecular weight is 1010 g/mol. The normalized spacial score (nSPS) is 12.0. The van der Waals surface area contributed by atoms with Crippen molar-refractivity contribution in [3.63, 3.8) is 0 Å². The first kappa shape index (κ1) is 39.8. The topological polar surface area (TPSA) is 53.2 Å². The molecular formula is C57H43IrN5O-2. The zero-order chi connectivity index (χ0) is 42.5. The van der Waals surface area contributed by atoms with Crippen molar-refractivity contribution in [1.29, 1.82) is 0 Å². The molecule has 0 atom stereocenters. The molecule has 0 spiro atoms. The van der Waals surface area contributed by atoms with Gasteiger partial charge in [0, 0.05) is 65.2 Å². The number of rotatable bonds is 5. The van der Waals surface area contributed by atoms with Crippen LogP contribution >= 0.6 is 0 Å². The van der Waals surface area contributed by atoms with Crippen LogP contribution in [0.5, 0.6) is 0 Å². The second kappa shape index (κ2) is 15.3. The summed E-state index contributed by atoms with van der Waals surface area (Å²) in [5.74, 6) is 2.68. The van der Waals surface area contributed by atoms with Crippen LogP contribution < -0.4 is 0 Å². The average Bonchev–Trinajstić information content (AvgIpc) is 4.13. The maximum atomic E-state index is 6.83. The first-order valence-corrected chi connectivity index (χ1v) is 21.8. The number of nitrogens with zero attached hydrogens (tertiary/aromatic N) is 5. The van der Waals surface area contributed by atoms with Gasteiger partial charge in [-0.25, -0.2) is 0 Å². The second-order valence-electron chi connectivity index (χ2n) is 17.2. The minimum Gasteiger partial charge on any atom is -0.452 e. The fourth-order valence-electron chi connectivity index (χ4n) is 9.99. The number of para-hydroxylation sites is 5. The summed E-state index contributed by atoms with van der Waals surface area (Å²) in [5.41, 5.74) is 15.4. The van der Waals surface area contributed by atoms with Gasteiger partial charge in [0.2, 0.25) is 0 Å². The molecule has 313 valence electrons. The zero-order valence-electron chi connectivity index (χ0n) is 36.1. The molecule has 0 N–H and O–H groups in total. The maximum Gasteiger partial charge on any atom is 0.160 e. The third-order valence-electron chi connectivity index (χ3n) is 12.9. The predicted octanol–water partition coefficient (Wildman–Crippen LogP) is 14.8. The summed E-state index contributed by atoms with van der Waals surface area (Å²) >= 11 is 0. The molecule has 13 rings (SSSR count). The van der Waals surface area contributed by atoms with Crippen molar-refractivity contribution in [2.45, 2.75) is 39.5 Å². The van der Waals surface area contributed by atoms with E-state index in [9.17, 15) is 0 Å². The van der Waals surface area contributed by atoms with Crippen LogP contribution in [0, 0.1) is 12.1 Å². The number of furan rings is 1. The largest absolute Gasteiger partial charge is 0.452 e. The van der Waals surface area contributed by atoms with E-state index in [-0.39, 0.29) is 20.1 Å². The van der Waals surface area contributed by atoms with Crippen LogP contribution in [0.15, 0.2) is 162 Å². The van der Waals surface area contributed by atoms with Gasteiger partial charge in [0.25, 0.3) is 0 Å². The van der Waals surface area contributed by atoms with Gasteiger partial charge >= 0.3 is 0 Å². The van der Waals surface area contributed by atoms with Crippen LogP contribution in [-0.2, 0) is 27.2 Å². The van der Waals surface area contributed by atoms with Crippen LogP contribution in [0.2, 0.25) is 0 Å². The Morgan fingerprint density at radius 2 is 1.00 bits per heavy atom. The summed E-state index contributed by atoms with van der Waals surface area (Å²) in [6.07, 6.45) is 0. The Balaban J connectivity index is 0.000000147. The standard InChI is InChI=1S/C32H18N3O.C25H25N2.Ir/c1-34-29-25(33-32(34)18-8-3-2-4-9-18)17-16-24-23-15-14-22-21-12-7-11-20-19-10-5-6-13-26(19)35(27(20)21)28(22)30(23)36-31(24)29;1-17(2)20-13-10-14-21(18(3)4)24(20)27-23-16-9-8-15-22(23)26-25(27)19-11-6-5-7-12-19;/h2-8,10-17H,1H3;5-11,13-18H,1-4H3;/q2*-1;. The molecule has 0 unspecified atom stereocenters. The molecule has 5 aromatic heterocycles. The smallest absolute Gasteiger partial charge is 0.160 e.